The molecule has 3 aromatic rings. The summed E-state index contributed by atoms with van der Waals surface area (Å²) in [6.45, 7) is 1.95. The molecule has 0 spiro atoms. The number of amides is 1. The van der Waals surface area contributed by atoms with Crippen molar-refractivity contribution in [2.75, 3.05) is 38.7 Å². The molecule has 7 nitrogen and oxygen atoms in total. The van der Waals surface area contributed by atoms with E-state index in [9.17, 15) is 18.0 Å². The molecule has 1 aliphatic rings. The molecule has 4 rings (SSSR count). The first-order chi connectivity index (χ1) is 14.8. The van der Waals surface area contributed by atoms with Crippen LogP contribution in [0.25, 0.3) is 10.9 Å². The van der Waals surface area contributed by atoms with E-state index >= 15 is 0 Å². The maximum absolute atomic E-state index is 13.2. The predicted molar refractivity (Wildman–Crippen MR) is 109 cm³/mol. The van der Waals surface area contributed by atoms with Crippen molar-refractivity contribution in [2.45, 2.75) is 6.18 Å². The first-order valence-electron chi connectivity index (χ1n) is 9.62. The van der Waals surface area contributed by atoms with E-state index in [4.69, 9.17) is 9.47 Å². The number of carbonyl (C=O) groups excluding carboxylic acids is 1. The first-order valence-corrected chi connectivity index (χ1v) is 9.62. The Balaban J connectivity index is 1.73. The standard InChI is InChI=1S/C21H21F3N4O3/c1-27-4-3-16-18(27)17(20(29)28-5-7-31-8-6-28)12-25-19(16)26-14-9-13(21(22,23)24)10-15(11-14)30-2/h3-4,9-12H,5-8H2,1-2H3,(H,25,26). The van der Waals surface area contributed by atoms with E-state index in [0.29, 0.717) is 48.6 Å². The van der Waals surface area contributed by atoms with Gasteiger partial charge in [-0.15, -0.1) is 0 Å². The molecule has 1 saturated heterocycles. The quantitative estimate of drug-likeness (QED) is 0.676. The Labute approximate surface area is 176 Å². The van der Waals surface area contributed by atoms with E-state index in [0.717, 1.165) is 12.1 Å². The van der Waals surface area contributed by atoms with Crippen LogP contribution in [-0.2, 0) is 18.0 Å². The fourth-order valence-electron chi connectivity index (χ4n) is 3.60. The number of hydrogen-bond acceptors (Lipinski definition) is 5. The number of halogens is 3. The molecule has 2 aromatic heterocycles. The number of hydrogen-bond donors (Lipinski definition) is 1. The third-order valence-electron chi connectivity index (χ3n) is 5.17. The highest BCUT2D eigenvalue weighted by atomic mass is 19.4. The lowest BCUT2D eigenvalue weighted by molar-refractivity contribution is -0.137. The number of carbonyl (C=O) groups is 1. The molecule has 1 amide bonds. The Morgan fingerprint density at radius 2 is 1.97 bits per heavy atom. The second-order valence-electron chi connectivity index (χ2n) is 7.19. The molecule has 1 N–H and O–H groups in total. The fraction of sp³-hybridized carbons (Fsp3) is 0.333. The zero-order valence-electron chi connectivity index (χ0n) is 17.0. The number of alkyl halides is 3. The van der Waals surface area contributed by atoms with Gasteiger partial charge in [0.05, 0.1) is 37.0 Å². The van der Waals surface area contributed by atoms with Gasteiger partial charge in [-0.05, 0) is 18.2 Å². The maximum atomic E-state index is 13.2. The van der Waals surface area contributed by atoms with E-state index in [-0.39, 0.29) is 17.3 Å². The molecule has 164 valence electrons. The number of methoxy groups -OCH3 is 1. The average molecular weight is 434 g/mol. The van der Waals surface area contributed by atoms with Crippen LogP contribution in [0.15, 0.2) is 36.7 Å². The number of aryl methyl sites for hydroxylation is 1. The molecule has 0 atom stereocenters. The minimum Gasteiger partial charge on any atom is -0.497 e. The molecule has 1 aromatic carbocycles. The number of anilines is 2. The van der Waals surface area contributed by atoms with Gasteiger partial charge in [-0.1, -0.05) is 0 Å². The molecule has 31 heavy (non-hydrogen) atoms. The molecule has 0 saturated carbocycles. The van der Waals surface area contributed by atoms with E-state index < -0.39 is 11.7 Å². The molecule has 0 radical (unpaired) electrons. The summed E-state index contributed by atoms with van der Waals surface area (Å²) in [7, 11) is 3.11. The third kappa shape index (κ3) is 4.15. The van der Waals surface area contributed by atoms with Gasteiger partial charge in [0.25, 0.3) is 5.91 Å². The summed E-state index contributed by atoms with van der Waals surface area (Å²) in [5, 5.41) is 3.57. The number of pyridine rings is 1. The molecule has 0 bridgehead atoms. The Hall–Kier alpha value is -3.27. The summed E-state index contributed by atoms with van der Waals surface area (Å²) < 4.78 is 51.8. The number of aromatic nitrogens is 2. The van der Waals surface area contributed by atoms with Gasteiger partial charge in [-0.25, -0.2) is 4.98 Å². The van der Waals surface area contributed by atoms with Crippen LogP contribution in [0.1, 0.15) is 15.9 Å². The summed E-state index contributed by atoms with van der Waals surface area (Å²) in [4.78, 5) is 19.1. The molecular formula is C21H21F3N4O3. The highest BCUT2D eigenvalue weighted by Crippen LogP contribution is 2.36. The second kappa shape index (κ2) is 8.10. The Morgan fingerprint density at radius 3 is 2.65 bits per heavy atom. The van der Waals surface area contributed by atoms with Crippen molar-refractivity contribution in [1.82, 2.24) is 14.5 Å². The zero-order chi connectivity index (χ0) is 22.2. The van der Waals surface area contributed by atoms with Crippen LogP contribution < -0.4 is 10.1 Å². The van der Waals surface area contributed by atoms with Crippen LogP contribution in [0.2, 0.25) is 0 Å². The average Bonchev–Trinajstić information content (AvgIpc) is 3.15. The smallest absolute Gasteiger partial charge is 0.416 e. The maximum Gasteiger partial charge on any atom is 0.416 e. The second-order valence-corrected chi connectivity index (χ2v) is 7.19. The zero-order valence-corrected chi connectivity index (χ0v) is 17.0. The van der Waals surface area contributed by atoms with Gasteiger partial charge in [0.1, 0.15) is 11.6 Å². The van der Waals surface area contributed by atoms with Gasteiger partial charge in [0, 0.05) is 49.7 Å². The number of benzene rings is 1. The molecule has 1 aliphatic heterocycles. The van der Waals surface area contributed by atoms with E-state index in [1.54, 1.807) is 28.8 Å². The van der Waals surface area contributed by atoms with Gasteiger partial charge in [-0.2, -0.15) is 13.2 Å². The molecule has 10 heteroatoms. The Kier molecular flexibility index (Phi) is 5.48. The fourth-order valence-corrected chi connectivity index (χ4v) is 3.60. The van der Waals surface area contributed by atoms with Crippen LogP contribution in [0.5, 0.6) is 5.75 Å². The Morgan fingerprint density at radius 1 is 1.23 bits per heavy atom. The summed E-state index contributed by atoms with van der Waals surface area (Å²) in [6.07, 6.45) is -1.29. The van der Waals surface area contributed by atoms with Crippen LogP contribution in [-0.4, -0.2) is 53.8 Å². The minimum absolute atomic E-state index is 0.0701. The summed E-state index contributed by atoms with van der Waals surface area (Å²) in [5.74, 6) is 0.256. The summed E-state index contributed by atoms with van der Waals surface area (Å²) >= 11 is 0. The van der Waals surface area contributed by atoms with E-state index in [1.807, 2.05) is 0 Å². The van der Waals surface area contributed by atoms with Crippen molar-refractivity contribution in [3.05, 3.63) is 47.8 Å². The SMILES string of the molecule is COc1cc(Nc2ncc(C(=O)N3CCOCC3)c3c2ccn3C)cc(C(F)(F)F)c1. The minimum atomic E-state index is -4.52. The lowest BCUT2D eigenvalue weighted by atomic mass is 10.1. The predicted octanol–water partition coefficient (Wildman–Crippen LogP) is 3.82. The van der Waals surface area contributed by atoms with Crippen LogP contribution >= 0.6 is 0 Å². The van der Waals surface area contributed by atoms with E-state index in [2.05, 4.69) is 10.3 Å². The summed E-state index contributed by atoms with van der Waals surface area (Å²) in [6, 6.07) is 5.15. The highest BCUT2D eigenvalue weighted by Gasteiger charge is 2.31. The van der Waals surface area contributed by atoms with Gasteiger partial charge in [0.2, 0.25) is 0 Å². The van der Waals surface area contributed by atoms with Gasteiger partial charge in [-0.3, -0.25) is 4.79 Å². The molecule has 0 aliphatic carbocycles. The molecule has 3 heterocycles. The number of nitrogens with one attached hydrogen (secondary N) is 1. The normalized spacial score (nSPS) is 14.7. The van der Waals surface area contributed by atoms with Crippen molar-refractivity contribution >= 4 is 28.3 Å². The van der Waals surface area contributed by atoms with Crippen molar-refractivity contribution in [2.24, 2.45) is 7.05 Å². The van der Waals surface area contributed by atoms with Crippen molar-refractivity contribution in [1.29, 1.82) is 0 Å². The van der Waals surface area contributed by atoms with Crippen LogP contribution in [0, 0.1) is 0 Å². The van der Waals surface area contributed by atoms with Gasteiger partial charge in [0.15, 0.2) is 0 Å². The lowest BCUT2D eigenvalue weighted by Crippen LogP contribution is -2.40. The number of fused-ring (bicyclic) bond motifs is 1. The van der Waals surface area contributed by atoms with Crippen molar-refractivity contribution in [3.8, 4) is 5.75 Å². The largest absolute Gasteiger partial charge is 0.497 e. The number of morpholine rings is 1. The highest BCUT2D eigenvalue weighted by molar-refractivity contribution is 6.08. The number of rotatable bonds is 4. The van der Waals surface area contributed by atoms with E-state index in [1.165, 1.54) is 19.4 Å². The first kappa shape index (κ1) is 21.0. The molecule has 1 fully saturated rings. The van der Waals surface area contributed by atoms with Crippen molar-refractivity contribution < 1.29 is 27.4 Å². The number of nitrogens with zero attached hydrogens (tertiary/aromatic N) is 3. The van der Waals surface area contributed by atoms with Gasteiger partial charge < -0.3 is 24.3 Å². The molecular weight excluding hydrogens is 413 g/mol. The third-order valence-corrected chi connectivity index (χ3v) is 5.17. The molecule has 0 unspecified atom stereocenters. The number of ether oxygens (including phenoxy) is 2. The van der Waals surface area contributed by atoms with Gasteiger partial charge >= 0.3 is 6.18 Å². The Bertz CT molecular complexity index is 1120. The van der Waals surface area contributed by atoms with Crippen LogP contribution in [0.4, 0.5) is 24.7 Å². The monoisotopic (exact) mass is 434 g/mol. The lowest BCUT2D eigenvalue weighted by Gasteiger charge is -2.27. The topological polar surface area (TPSA) is 68.6 Å². The van der Waals surface area contributed by atoms with Crippen LogP contribution in [0.3, 0.4) is 0 Å². The summed E-state index contributed by atoms with van der Waals surface area (Å²) in [5.41, 5.74) is 0.416. The van der Waals surface area contributed by atoms with Crippen molar-refractivity contribution in [3.63, 3.8) is 0 Å².